The Bertz CT molecular complexity index is 893. The van der Waals surface area contributed by atoms with Gasteiger partial charge in [0, 0.05) is 0 Å². The molecule has 0 saturated carbocycles. The van der Waals surface area contributed by atoms with E-state index >= 15 is 0 Å². The Kier molecular flexibility index (Phi) is 4.08. The van der Waals surface area contributed by atoms with Crippen LogP contribution >= 0.6 is 11.6 Å². The lowest BCUT2D eigenvalue weighted by atomic mass is 10.1. The van der Waals surface area contributed by atoms with Crippen molar-refractivity contribution in [2.75, 3.05) is 12.4 Å². The van der Waals surface area contributed by atoms with E-state index in [1.165, 1.54) is 7.11 Å². The third-order valence-corrected chi connectivity index (χ3v) is 3.83. The number of ether oxygens (including phenoxy) is 1. The van der Waals surface area contributed by atoms with Gasteiger partial charge >= 0.3 is 0 Å². The Hall–Kier alpha value is -2.72. The number of carbonyl (C=O) groups excluding carboxylic acids is 1. The van der Waals surface area contributed by atoms with Gasteiger partial charge in [0.25, 0.3) is 5.91 Å². The molecule has 0 fully saturated rings. The average Bonchev–Trinajstić information content (AvgIpc) is 2.54. The van der Waals surface area contributed by atoms with Gasteiger partial charge in [-0.25, -0.2) is 0 Å². The maximum atomic E-state index is 12.5. The Morgan fingerprint density at radius 1 is 1.09 bits per heavy atom. The first-order chi connectivity index (χ1) is 11.1. The monoisotopic (exact) mass is 327 g/mol. The number of hydrogen-bond acceptors (Lipinski definition) is 3. The number of benzene rings is 3. The van der Waals surface area contributed by atoms with E-state index in [4.69, 9.17) is 16.3 Å². The number of halogens is 1. The highest BCUT2D eigenvalue weighted by Crippen LogP contribution is 2.33. The van der Waals surface area contributed by atoms with E-state index in [0.29, 0.717) is 16.5 Å². The van der Waals surface area contributed by atoms with Crippen molar-refractivity contribution >= 4 is 34.0 Å². The number of aromatic hydroxyl groups is 1. The molecule has 3 aromatic carbocycles. The Morgan fingerprint density at radius 3 is 2.48 bits per heavy atom. The zero-order valence-corrected chi connectivity index (χ0v) is 13.1. The van der Waals surface area contributed by atoms with Crippen LogP contribution < -0.4 is 10.1 Å². The number of methoxy groups -OCH3 is 1. The normalized spacial score (nSPS) is 10.5. The molecule has 0 heterocycles. The summed E-state index contributed by atoms with van der Waals surface area (Å²) in [5.41, 5.74) is 0.628. The lowest BCUT2D eigenvalue weighted by Gasteiger charge is -2.12. The van der Waals surface area contributed by atoms with Crippen molar-refractivity contribution in [3.8, 4) is 11.5 Å². The molecule has 0 aromatic heterocycles. The number of phenolic OH excluding ortho intramolecular Hbond substituents is 1. The zero-order valence-electron chi connectivity index (χ0n) is 12.3. The molecule has 0 unspecified atom stereocenters. The highest BCUT2D eigenvalue weighted by Gasteiger charge is 2.15. The molecule has 0 spiro atoms. The number of rotatable bonds is 3. The van der Waals surface area contributed by atoms with Gasteiger partial charge in [0.2, 0.25) is 0 Å². The summed E-state index contributed by atoms with van der Waals surface area (Å²) in [5, 5.41) is 15.0. The molecule has 116 valence electrons. The predicted octanol–water partition coefficient (Wildman–Crippen LogP) is 4.46. The van der Waals surface area contributed by atoms with Crippen LogP contribution in [0.15, 0.2) is 54.6 Å². The van der Waals surface area contributed by atoms with Crippen LogP contribution in [-0.2, 0) is 0 Å². The minimum atomic E-state index is -0.436. The maximum absolute atomic E-state index is 12.5. The summed E-state index contributed by atoms with van der Waals surface area (Å²) in [6.45, 7) is 0. The number of hydrogen-bond donors (Lipinski definition) is 2. The van der Waals surface area contributed by atoms with Gasteiger partial charge < -0.3 is 15.2 Å². The predicted molar refractivity (Wildman–Crippen MR) is 91.6 cm³/mol. The molecule has 0 bridgehead atoms. The Balaban J connectivity index is 1.98. The van der Waals surface area contributed by atoms with Gasteiger partial charge in [0.1, 0.15) is 5.75 Å². The third-order valence-electron chi connectivity index (χ3n) is 3.53. The van der Waals surface area contributed by atoms with Gasteiger partial charge in [0.05, 0.1) is 23.4 Å². The van der Waals surface area contributed by atoms with Crippen molar-refractivity contribution < 1.29 is 14.6 Å². The van der Waals surface area contributed by atoms with Crippen LogP contribution in [0.5, 0.6) is 11.5 Å². The van der Waals surface area contributed by atoms with Gasteiger partial charge in [-0.2, -0.15) is 0 Å². The first kappa shape index (κ1) is 15.2. The molecule has 0 aliphatic heterocycles. The van der Waals surface area contributed by atoms with Crippen molar-refractivity contribution in [3.05, 3.63) is 65.2 Å². The van der Waals surface area contributed by atoms with Crippen LogP contribution in [-0.4, -0.2) is 18.1 Å². The second kappa shape index (κ2) is 6.18. The van der Waals surface area contributed by atoms with E-state index in [9.17, 15) is 9.90 Å². The second-order valence-electron chi connectivity index (χ2n) is 4.99. The van der Waals surface area contributed by atoms with E-state index in [-0.39, 0.29) is 11.3 Å². The number of para-hydroxylation sites is 1. The van der Waals surface area contributed by atoms with E-state index < -0.39 is 5.91 Å². The summed E-state index contributed by atoms with van der Waals surface area (Å²) in [6, 6.07) is 15.8. The summed E-state index contributed by atoms with van der Waals surface area (Å²) in [7, 11) is 1.48. The minimum absolute atomic E-state index is 0.0813. The smallest absolute Gasteiger partial charge is 0.259 e. The van der Waals surface area contributed by atoms with Crippen LogP contribution in [0.25, 0.3) is 10.8 Å². The Labute approximate surface area is 138 Å². The highest BCUT2D eigenvalue weighted by atomic mass is 35.5. The van der Waals surface area contributed by atoms with Crippen LogP contribution in [0.1, 0.15) is 10.4 Å². The molecule has 23 heavy (non-hydrogen) atoms. The fraction of sp³-hybridized carbons (Fsp3) is 0.0556. The summed E-state index contributed by atoms with van der Waals surface area (Å²) in [4.78, 5) is 12.5. The standard InChI is InChI=1S/C18H14ClNO3/c1-23-17-14(19)7-4-8-15(17)20-18(22)13-9-11-5-2-3-6-12(11)10-16(13)21/h2-10,21H,1H3,(H,20,22). The topological polar surface area (TPSA) is 58.6 Å². The molecule has 0 saturated heterocycles. The molecule has 3 rings (SSSR count). The first-order valence-corrected chi connectivity index (χ1v) is 7.33. The van der Waals surface area contributed by atoms with Crippen LogP contribution in [0.4, 0.5) is 5.69 Å². The number of nitrogens with one attached hydrogen (secondary N) is 1. The first-order valence-electron chi connectivity index (χ1n) is 6.96. The van der Waals surface area contributed by atoms with Crippen LogP contribution in [0.3, 0.4) is 0 Å². The van der Waals surface area contributed by atoms with Gasteiger partial charge in [0.15, 0.2) is 5.75 Å². The molecular weight excluding hydrogens is 314 g/mol. The van der Waals surface area contributed by atoms with Crippen LogP contribution in [0, 0.1) is 0 Å². The van der Waals surface area contributed by atoms with Crippen molar-refractivity contribution in [1.82, 2.24) is 0 Å². The van der Waals surface area contributed by atoms with E-state index in [1.54, 1.807) is 30.3 Å². The number of anilines is 1. The molecule has 0 aliphatic carbocycles. The number of carbonyl (C=O) groups is 1. The molecule has 0 aliphatic rings. The fourth-order valence-corrected chi connectivity index (χ4v) is 2.67. The number of phenols is 1. The molecule has 2 N–H and O–H groups in total. The quantitative estimate of drug-likeness (QED) is 0.746. The molecule has 0 radical (unpaired) electrons. The summed E-state index contributed by atoms with van der Waals surface area (Å²) in [5.74, 6) is -0.140. The van der Waals surface area contributed by atoms with E-state index in [1.807, 2.05) is 24.3 Å². The van der Waals surface area contributed by atoms with Gasteiger partial charge in [-0.05, 0) is 35.0 Å². The van der Waals surface area contributed by atoms with E-state index in [0.717, 1.165) is 10.8 Å². The van der Waals surface area contributed by atoms with Crippen molar-refractivity contribution in [3.63, 3.8) is 0 Å². The largest absolute Gasteiger partial charge is 0.507 e. The molecule has 4 nitrogen and oxygen atoms in total. The lowest BCUT2D eigenvalue weighted by Crippen LogP contribution is -2.13. The second-order valence-corrected chi connectivity index (χ2v) is 5.40. The number of amides is 1. The summed E-state index contributed by atoms with van der Waals surface area (Å²) >= 11 is 6.04. The number of fused-ring (bicyclic) bond motifs is 1. The van der Waals surface area contributed by atoms with Gasteiger partial charge in [-0.1, -0.05) is 41.9 Å². The Morgan fingerprint density at radius 2 is 1.78 bits per heavy atom. The molecule has 0 atom stereocenters. The minimum Gasteiger partial charge on any atom is -0.507 e. The van der Waals surface area contributed by atoms with Crippen molar-refractivity contribution in [2.45, 2.75) is 0 Å². The van der Waals surface area contributed by atoms with Gasteiger partial charge in [-0.3, -0.25) is 4.79 Å². The summed E-state index contributed by atoms with van der Waals surface area (Å²) < 4.78 is 5.20. The maximum Gasteiger partial charge on any atom is 0.259 e. The zero-order chi connectivity index (χ0) is 16.4. The highest BCUT2D eigenvalue weighted by molar-refractivity contribution is 6.32. The molecule has 1 amide bonds. The van der Waals surface area contributed by atoms with Crippen LogP contribution in [0.2, 0.25) is 5.02 Å². The van der Waals surface area contributed by atoms with Crippen molar-refractivity contribution in [1.29, 1.82) is 0 Å². The third kappa shape index (κ3) is 2.94. The summed E-state index contributed by atoms with van der Waals surface area (Å²) in [6.07, 6.45) is 0. The fourth-order valence-electron chi connectivity index (χ4n) is 2.41. The van der Waals surface area contributed by atoms with Gasteiger partial charge in [-0.15, -0.1) is 0 Å². The molecule has 5 heteroatoms. The average molecular weight is 328 g/mol. The SMILES string of the molecule is COc1c(Cl)cccc1NC(=O)c1cc2ccccc2cc1O. The molecular formula is C18H14ClNO3. The lowest BCUT2D eigenvalue weighted by molar-refractivity contribution is 0.102. The van der Waals surface area contributed by atoms with Crippen molar-refractivity contribution in [2.24, 2.45) is 0 Å². The van der Waals surface area contributed by atoms with E-state index in [2.05, 4.69) is 5.32 Å². The molecule has 3 aromatic rings.